The molecule has 0 saturated carbocycles. The number of pyridine rings is 1. The van der Waals surface area contributed by atoms with Crippen LogP contribution in [0.3, 0.4) is 0 Å². The highest BCUT2D eigenvalue weighted by molar-refractivity contribution is 7.13. The van der Waals surface area contributed by atoms with E-state index in [0.717, 1.165) is 4.88 Å². The van der Waals surface area contributed by atoms with Crippen molar-refractivity contribution >= 4 is 17.2 Å². The fraction of sp³-hybridized carbons (Fsp3) is 0.294. The Morgan fingerprint density at radius 2 is 2.08 bits per heavy atom. The third-order valence-corrected chi connectivity index (χ3v) is 5.14. The summed E-state index contributed by atoms with van der Waals surface area (Å²) in [4.78, 5) is 36.0. The molecule has 1 aliphatic heterocycles. The zero-order chi connectivity index (χ0) is 17.9. The average Bonchev–Trinajstić information content (AvgIpc) is 3.34. The minimum Gasteiger partial charge on any atom is -0.338 e. The smallest absolute Gasteiger partial charge is 0.260 e. The van der Waals surface area contributed by atoms with Crippen LogP contribution < -0.4 is 5.56 Å². The summed E-state index contributed by atoms with van der Waals surface area (Å²) in [5.41, 5.74) is -0.176. The molecule has 1 aliphatic rings. The maximum absolute atomic E-state index is 12.5. The molecule has 0 spiro atoms. The molecule has 0 bridgehead atoms. The quantitative estimate of drug-likeness (QED) is 0.746. The van der Waals surface area contributed by atoms with E-state index in [4.69, 9.17) is 4.52 Å². The van der Waals surface area contributed by atoms with Crippen molar-refractivity contribution in [1.82, 2.24) is 24.9 Å². The van der Waals surface area contributed by atoms with Gasteiger partial charge in [-0.1, -0.05) is 11.2 Å². The summed E-state index contributed by atoms with van der Waals surface area (Å²) in [6.07, 6.45) is 1.52. The van der Waals surface area contributed by atoms with Crippen molar-refractivity contribution in [1.29, 1.82) is 0 Å². The van der Waals surface area contributed by atoms with Gasteiger partial charge in [-0.3, -0.25) is 14.5 Å². The van der Waals surface area contributed by atoms with Gasteiger partial charge in [0, 0.05) is 32.4 Å². The summed E-state index contributed by atoms with van der Waals surface area (Å²) in [6, 6.07) is 7.11. The van der Waals surface area contributed by atoms with Crippen LogP contribution in [0.4, 0.5) is 0 Å². The molecule has 1 saturated heterocycles. The third kappa shape index (κ3) is 3.44. The second-order valence-corrected chi connectivity index (χ2v) is 6.92. The van der Waals surface area contributed by atoms with Gasteiger partial charge in [-0.25, -0.2) is 0 Å². The van der Waals surface area contributed by atoms with Gasteiger partial charge < -0.3 is 14.4 Å². The highest BCUT2D eigenvalue weighted by Crippen LogP contribution is 2.21. The molecule has 0 unspecified atom stereocenters. The first-order valence-corrected chi connectivity index (χ1v) is 9.14. The van der Waals surface area contributed by atoms with Gasteiger partial charge >= 0.3 is 0 Å². The van der Waals surface area contributed by atoms with Crippen molar-refractivity contribution in [3.05, 3.63) is 57.7 Å². The number of thiophene rings is 1. The molecule has 3 aromatic heterocycles. The van der Waals surface area contributed by atoms with Gasteiger partial charge in [0.2, 0.25) is 11.7 Å². The molecule has 0 radical (unpaired) electrons. The van der Waals surface area contributed by atoms with E-state index >= 15 is 0 Å². The molecular weight excluding hydrogens is 354 g/mol. The predicted molar refractivity (Wildman–Crippen MR) is 95.9 cm³/mol. The lowest BCUT2D eigenvalue weighted by molar-refractivity contribution is 0.0613. The van der Waals surface area contributed by atoms with Crippen LogP contribution in [0.25, 0.3) is 10.7 Å². The molecule has 3 aromatic rings. The Labute approximate surface area is 153 Å². The first-order valence-electron chi connectivity index (χ1n) is 8.26. The maximum Gasteiger partial charge on any atom is 0.260 e. The summed E-state index contributed by atoms with van der Waals surface area (Å²) >= 11 is 1.57. The molecule has 1 N–H and O–H groups in total. The Balaban J connectivity index is 1.35. The summed E-state index contributed by atoms with van der Waals surface area (Å²) < 4.78 is 5.33. The van der Waals surface area contributed by atoms with Crippen molar-refractivity contribution in [2.24, 2.45) is 0 Å². The van der Waals surface area contributed by atoms with E-state index in [1.54, 1.807) is 28.4 Å². The van der Waals surface area contributed by atoms with Gasteiger partial charge in [0.15, 0.2) is 0 Å². The number of rotatable bonds is 4. The predicted octanol–water partition coefficient (Wildman–Crippen LogP) is 1.44. The second-order valence-electron chi connectivity index (χ2n) is 5.97. The molecule has 1 amide bonds. The molecular formula is C17H17N5O3S. The molecule has 1 fully saturated rings. The first-order chi connectivity index (χ1) is 12.7. The Hall–Kier alpha value is -2.78. The largest absolute Gasteiger partial charge is 0.338 e. The number of amides is 1. The summed E-state index contributed by atoms with van der Waals surface area (Å²) in [5.74, 6) is 0.934. The van der Waals surface area contributed by atoms with Crippen LogP contribution in [0.15, 0.2) is 45.2 Å². The molecule has 26 heavy (non-hydrogen) atoms. The summed E-state index contributed by atoms with van der Waals surface area (Å²) in [6.45, 7) is 3.03. The average molecular weight is 371 g/mol. The number of nitrogens with zero attached hydrogens (tertiary/aromatic N) is 4. The number of aromatic amines is 1. The van der Waals surface area contributed by atoms with Crippen molar-refractivity contribution in [3.8, 4) is 10.7 Å². The molecule has 0 aromatic carbocycles. The lowest BCUT2D eigenvalue weighted by Crippen LogP contribution is -2.49. The van der Waals surface area contributed by atoms with Crippen molar-refractivity contribution in [3.63, 3.8) is 0 Å². The van der Waals surface area contributed by atoms with Crippen molar-refractivity contribution in [2.75, 3.05) is 26.2 Å². The van der Waals surface area contributed by atoms with Gasteiger partial charge in [0.25, 0.3) is 11.5 Å². The van der Waals surface area contributed by atoms with E-state index in [1.807, 2.05) is 17.5 Å². The zero-order valence-electron chi connectivity index (χ0n) is 13.9. The minimum absolute atomic E-state index is 0.179. The monoisotopic (exact) mass is 371 g/mol. The molecule has 0 atom stereocenters. The summed E-state index contributed by atoms with van der Waals surface area (Å²) in [5, 5.41) is 5.98. The van der Waals surface area contributed by atoms with Crippen LogP contribution >= 0.6 is 11.3 Å². The standard InChI is InChI=1S/C17H17N5O3S/c23-16-12(3-1-5-18-16)17(24)22-8-6-21(7-9-22)11-14-19-15(20-25-14)13-4-2-10-26-13/h1-5,10H,6-9,11H2,(H,18,23). The van der Waals surface area contributed by atoms with E-state index in [-0.39, 0.29) is 17.0 Å². The Morgan fingerprint density at radius 1 is 1.23 bits per heavy atom. The molecule has 4 rings (SSSR count). The number of nitrogens with one attached hydrogen (secondary N) is 1. The SMILES string of the molecule is O=C(c1ccc[nH]c1=O)N1CCN(Cc2nc(-c3cccs3)no2)CC1. The molecule has 0 aliphatic carbocycles. The van der Waals surface area contributed by atoms with Gasteiger partial charge in [0.05, 0.1) is 11.4 Å². The highest BCUT2D eigenvalue weighted by atomic mass is 32.1. The third-order valence-electron chi connectivity index (χ3n) is 4.28. The van der Waals surface area contributed by atoms with Gasteiger partial charge in [-0.05, 0) is 23.6 Å². The molecule has 134 valence electrons. The van der Waals surface area contributed by atoms with Crippen LogP contribution in [0.2, 0.25) is 0 Å². The lowest BCUT2D eigenvalue weighted by atomic mass is 10.2. The van der Waals surface area contributed by atoms with E-state index in [2.05, 4.69) is 20.0 Å². The van der Waals surface area contributed by atoms with Gasteiger partial charge in [-0.2, -0.15) is 4.98 Å². The summed E-state index contributed by atoms with van der Waals surface area (Å²) in [7, 11) is 0. The van der Waals surface area contributed by atoms with E-state index in [1.165, 1.54) is 6.20 Å². The number of hydrogen-bond acceptors (Lipinski definition) is 7. The van der Waals surface area contributed by atoms with Gasteiger partial charge in [0.1, 0.15) is 5.56 Å². The van der Waals surface area contributed by atoms with Crippen LogP contribution in [0, 0.1) is 0 Å². The van der Waals surface area contributed by atoms with Crippen LogP contribution in [0.5, 0.6) is 0 Å². The van der Waals surface area contributed by atoms with Crippen LogP contribution in [-0.2, 0) is 6.54 Å². The molecule has 9 heteroatoms. The van der Waals surface area contributed by atoms with E-state index < -0.39 is 0 Å². The molecule has 4 heterocycles. The van der Waals surface area contributed by atoms with E-state index in [9.17, 15) is 9.59 Å². The van der Waals surface area contributed by atoms with Crippen LogP contribution in [0.1, 0.15) is 16.2 Å². The normalized spacial score (nSPS) is 15.3. The van der Waals surface area contributed by atoms with E-state index in [0.29, 0.717) is 44.4 Å². The Morgan fingerprint density at radius 3 is 2.81 bits per heavy atom. The first kappa shape index (κ1) is 16.7. The number of H-pyrrole nitrogens is 1. The minimum atomic E-state index is -0.355. The Bertz CT molecular complexity index is 941. The topological polar surface area (TPSA) is 95.3 Å². The van der Waals surface area contributed by atoms with Gasteiger partial charge in [-0.15, -0.1) is 11.3 Å². The maximum atomic E-state index is 12.5. The number of hydrogen-bond donors (Lipinski definition) is 1. The number of carbonyl (C=O) groups excluding carboxylic acids is 1. The lowest BCUT2D eigenvalue weighted by Gasteiger charge is -2.33. The van der Waals surface area contributed by atoms with Crippen LogP contribution in [-0.4, -0.2) is 57.0 Å². The van der Waals surface area contributed by atoms with Crippen molar-refractivity contribution in [2.45, 2.75) is 6.54 Å². The molecule has 8 nitrogen and oxygen atoms in total. The number of aromatic nitrogens is 3. The number of piperazine rings is 1. The zero-order valence-corrected chi connectivity index (χ0v) is 14.7. The Kier molecular flexibility index (Phi) is 4.63. The second kappa shape index (κ2) is 7.22. The highest BCUT2D eigenvalue weighted by Gasteiger charge is 2.24. The fourth-order valence-corrected chi connectivity index (χ4v) is 3.53. The van der Waals surface area contributed by atoms with Crippen molar-refractivity contribution < 1.29 is 9.32 Å². The number of carbonyl (C=O) groups is 1. The fourth-order valence-electron chi connectivity index (χ4n) is 2.89.